The number of furan rings is 1. The molecule has 134 valence electrons. The average molecular weight is 350 g/mol. The van der Waals surface area contributed by atoms with Gasteiger partial charge in [0.15, 0.2) is 5.78 Å². The summed E-state index contributed by atoms with van der Waals surface area (Å²) in [4.78, 5) is 12.2. The molecule has 5 heteroatoms. The van der Waals surface area contributed by atoms with Gasteiger partial charge in [-0.05, 0) is 68.3 Å². The predicted octanol–water partition coefficient (Wildman–Crippen LogP) is 4.41. The van der Waals surface area contributed by atoms with Crippen LogP contribution in [0.5, 0.6) is 5.75 Å². The Kier molecular flexibility index (Phi) is 5.07. The van der Waals surface area contributed by atoms with Gasteiger partial charge < -0.3 is 9.15 Å². The van der Waals surface area contributed by atoms with Crippen LogP contribution in [0.15, 0.2) is 47.0 Å². The zero-order valence-corrected chi connectivity index (χ0v) is 15.4. The number of carbonyl (C=O) groups is 1. The predicted molar refractivity (Wildman–Crippen MR) is 100 cm³/mol. The molecule has 0 N–H and O–H groups in total. The topological polar surface area (TPSA) is 57.3 Å². The van der Waals surface area contributed by atoms with Crippen LogP contribution < -0.4 is 4.74 Å². The number of rotatable bonds is 6. The van der Waals surface area contributed by atoms with Crippen molar-refractivity contribution in [1.29, 1.82) is 0 Å². The van der Waals surface area contributed by atoms with E-state index in [1.54, 1.807) is 17.0 Å². The number of hydrogen-bond donors (Lipinski definition) is 0. The van der Waals surface area contributed by atoms with Crippen LogP contribution in [0.1, 0.15) is 38.7 Å². The summed E-state index contributed by atoms with van der Waals surface area (Å²) in [6.45, 7) is 6.28. The smallest absolute Gasteiger partial charge is 0.189 e. The molecule has 0 aliphatic rings. The number of ether oxygens (including phenoxy) is 1. The van der Waals surface area contributed by atoms with Crippen molar-refractivity contribution in [3.8, 4) is 5.75 Å². The van der Waals surface area contributed by atoms with E-state index in [-0.39, 0.29) is 5.78 Å². The summed E-state index contributed by atoms with van der Waals surface area (Å²) < 4.78 is 13.2. The Morgan fingerprint density at radius 2 is 1.92 bits per heavy atom. The molecule has 0 radical (unpaired) electrons. The maximum absolute atomic E-state index is 12.2. The Labute approximate surface area is 152 Å². The molecule has 0 spiro atoms. The molecule has 0 aliphatic heterocycles. The van der Waals surface area contributed by atoms with Crippen LogP contribution in [0.4, 0.5) is 0 Å². The monoisotopic (exact) mass is 350 g/mol. The van der Waals surface area contributed by atoms with Crippen molar-refractivity contribution in [3.63, 3.8) is 0 Å². The maximum Gasteiger partial charge on any atom is 0.189 e. The minimum Gasteiger partial charge on any atom is -0.486 e. The van der Waals surface area contributed by atoms with Crippen molar-refractivity contribution in [2.75, 3.05) is 0 Å². The van der Waals surface area contributed by atoms with Crippen LogP contribution in [-0.2, 0) is 13.7 Å². The van der Waals surface area contributed by atoms with E-state index in [0.717, 1.165) is 22.6 Å². The molecule has 0 fully saturated rings. The van der Waals surface area contributed by atoms with Crippen molar-refractivity contribution >= 4 is 11.9 Å². The SMILES string of the molecule is Cc1cc(C)cc(OCc2ccc(C=CC(=O)c3cnn(C)c3C)o2)c1. The fourth-order valence-electron chi connectivity index (χ4n) is 2.72. The number of benzene rings is 1. The van der Waals surface area contributed by atoms with Crippen molar-refractivity contribution in [2.45, 2.75) is 27.4 Å². The first-order valence-electron chi connectivity index (χ1n) is 8.43. The lowest BCUT2D eigenvalue weighted by molar-refractivity contribution is 0.104. The van der Waals surface area contributed by atoms with Gasteiger partial charge in [0.1, 0.15) is 23.9 Å². The van der Waals surface area contributed by atoms with Gasteiger partial charge in [0, 0.05) is 12.7 Å². The number of ketones is 1. The Balaban J connectivity index is 1.62. The molecule has 2 heterocycles. The van der Waals surface area contributed by atoms with E-state index in [9.17, 15) is 4.79 Å². The summed E-state index contributed by atoms with van der Waals surface area (Å²) in [5.74, 6) is 2.03. The molecule has 0 atom stereocenters. The minimum absolute atomic E-state index is 0.0972. The lowest BCUT2D eigenvalue weighted by Crippen LogP contribution is -1.98. The highest BCUT2D eigenvalue weighted by Crippen LogP contribution is 2.19. The second kappa shape index (κ2) is 7.44. The fourth-order valence-corrected chi connectivity index (χ4v) is 2.72. The molecule has 0 bridgehead atoms. The lowest BCUT2D eigenvalue weighted by atomic mass is 10.1. The van der Waals surface area contributed by atoms with Crippen molar-refractivity contribution in [3.05, 3.63) is 76.5 Å². The number of hydrogen-bond acceptors (Lipinski definition) is 4. The number of aromatic nitrogens is 2. The third kappa shape index (κ3) is 4.11. The van der Waals surface area contributed by atoms with Gasteiger partial charge in [-0.25, -0.2) is 0 Å². The number of aryl methyl sites for hydroxylation is 3. The van der Waals surface area contributed by atoms with Gasteiger partial charge >= 0.3 is 0 Å². The van der Waals surface area contributed by atoms with Gasteiger partial charge in [0.05, 0.1) is 11.8 Å². The van der Waals surface area contributed by atoms with Crippen molar-refractivity contribution in [1.82, 2.24) is 9.78 Å². The van der Waals surface area contributed by atoms with Crippen LogP contribution in [0.3, 0.4) is 0 Å². The van der Waals surface area contributed by atoms with Gasteiger partial charge in [0.2, 0.25) is 0 Å². The summed E-state index contributed by atoms with van der Waals surface area (Å²) >= 11 is 0. The van der Waals surface area contributed by atoms with Crippen molar-refractivity contribution < 1.29 is 13.9 Å². The van der Waals surface area contributed by atoms with E-state index in [2.05, 4.69) is 11.2 Å². The Morgan fingerprint density at radius 3 is 2.58 bits per heavy atom. The molecule has 0 amide bonds. The summed E-state index contributed by atoms with van der Waals surface area (Å²) in [6, 6.07) is 9.75. The molecule has 0 aliphatic carbocycles. The number of carbonyl (C=O) groups excluding carboxylic acids is 1. The van der Waals surface area contributed by atoms with E-state index in [1.165, 1.54) is 6.08 Å². The third-order valence-corrected chi connectivity index (χ3v) is 4.16. The van der Waals surface area contributed by atoms with Gasteiger partial charge in [-0.1, -0.05) is 6.07 Å². The average Bonchev–Trinajstić information content (AvgIpc) is 3.17. The molecule has 1 aromatic carbocycles. The highest BCUT2D eigenvalue weighted by atomic mass is 16.5. The van der Waals surface area contributed by atoms with Crippen LogP contribution in [0, 0.1) is 20.8 Å². The summed E-state index contributed by atoms with van der Waals surface area (Å²) in [6.07, 6.45) is 4.74. The summed E-state index contributed by atoms with van der Waals surface area (Å²) in [5.41, 5.74) is 3.75. The maximum atomic E-state index is 12.2. The van der Waals surface area contributed by atoms with Crippen LogP contribution >= 0.6 is 0 Å². The van der Waals surface area contributed by atoms with Gasteiger partial charge in [-0.3, -0.25) is 9.48 Å². The quantitative estimate of drug-likeness (QED) is 0.488. The first-order chi connectivity index (χ1) is 12.4. The molecule has 3 rings (SSSR count). The Bertz CT molecular complexity index is 943. The largest absolute Gasteiger partial charge is 0.486 e. The molecule has 3 aromatic rings. The molecule has 0 unspecified atom stereocenters. The molecule has 5 nitrogen and oxygen atoms in total. The van der Waals surface area contributed by atoms with Gasteiger partial charge in [0.25, 0.3) is 0 Å². The van der Waals surface area contributed by atoms with Gasteiger partial charge in [-0.15, -0.1) is 0 Å². The molecular formula is C21H22N2O3. The van der Waals surface area contributed by atoms with E-state index in [4.69, 9.17) is 9.15 Å². The minimum atomic E-state index is -0.0972. The summed E-state index contributed by atoms with van der Waals surface area (Å²) in [7, 11) is 1.81. The summed E-state index contributed by atoms with van der Waals surface area (Å²) in [5, 5.41) is 4.08. The molecule has 0 saturated carbocycles. The zero-order chi connectivity index (χ0) is 18.7. The number of nitrogens with zero attached hydrogens (tertiary/aromatic N) is 2. The van der Waals surface area contributed by atoms with Crippen LogP contribution in [-0.4, -0.2) is 15.6 Å². The molecular weight excluding hydrogens is 328 g/mol. The third-order valence-electron chi connectivity index (χ3n) is 4.16. The van der Waals surface area contributed by atoms with E-state index >= 15 is 0 Å². The highest BCUT2D eigenvalue weighted by Gasteiger charge is 2.10. The van der Waals surface area contributed by atoms with Crippen LogP contribution in [0.2, 0.25) is 0 Å². The first-order valence-corrected chi connectivity index (χ1v) is 8.43. The standard InChI is InChI=1S/C21H22N2O3/c1-14-9-15(2)11-19(10-14)25-13-18-6-5-17(26-18)7-8-21(24)20-12-22-23(4)16(20)3/h5-12H,13H2,1-4H3. The Hall–Kier alpha value is -3.08. The molecule has 2 aromatic heterocycles. The normalized spacial score (nSPS) is 11.2. The first kappa shape index (κ1) is 17.7. The van der Waals surface area contributed by atoms with Crippen molar-refractivity contribution in [2.24, 2.45) is 7.05 Å². The zero-order valence-electron chi connectivity index (χ0n) is 15.4. The molecule has 26 heavy (non-hydrogen) atoms. The highest BCUT2D eigenvalue weighted by molar-refractivity contribution is 6.07. The molecule has 0 saturated heterocycles. The number of allylic oxidation sites excluding steroid dienone is 1. The van der Waals surface area contributed by atoms with E-state index in [0.29, 0.717) is 23.7 Å². The van der Waals surface area contributed by atoms with Gasteiger partial charge in [-0.2, -0.15) is 5.10 Å². The lowest BCUT2D eigenvalue weighted by Gasteiger charge is -2.06. The Morgan fingerprint density at radius 1 is 1.19 bits per heavy atom. The van der Waals surface area contributed by atoms with Crippen LogP contribution in [0.25, 0.3) is 6.08 Å². The van der Waals surface area contributed by atoms with E-state index in [1.807, 2.05) is 52.1 Å². The second-order valence-corrected chi connectivity index (χ2v) is 6.38. The fraction of sp³-hybridized carbons (Fsp3) is 0.238. The van der Waals surface area contributed by atoms with E-state index < -0.39 is 0 Å². The second-order valence-electron chi connectivity index (χ2n) is 6.38.